The van der Waals surface area contributed by atoms with Crippen molar-refractivity contribution in [3.63, 3.8) is 0 Å². The highest BCUT2D eigenvalue weighted by atomic mass is 15.1. The van der Waals surface area contributed by atoms with Crippen LogP contribution < -0.4 is 4.90 Å². The normalized spacial score (nSPS) is 14.0. The van der Waals surface area contributed by atoms with Gasteiger partial charge in [-0.1, -0.05) is 243 Å². The van der Waals surface area contributed by atoms with E-state index in [1.807, 2.05) is 0 Å². The molecule has 80 heavy (non-hydrogen) atoms. The van der Waals surface area contributed by atoms with Gasteiger partial charge in [0.05, 0.1) is 16.4 Å². The molecule has 0 fully saturated rings. The molecular formula is C78H54N2. The van der Waals surface area contributed by atoms with Crippen LogP contribution in [0, 0.1) is 0 Å². The topological polar surface area (TPSA) is 8.17 Å². The fourth-order valence-corrected chi connectivity index (χ4v) is 13.4. The van der Waals surface area contributed by atoms with E-state index in [1.165, 1.54) is 110 Å². The molecule has 1 heterocycles. The number of fused-ring (bicyclic) bond motifs is 11. The molecule has 0 radical (unpaired) electrons. The smallest absolute Gasteiger partial charge is 0.0726 e. The van der Waals surface area contributed by atoms with Gasteiger partial charge in [0.2, 0.25) is 0 Å². The maximum atomic E-state index is 5.03. The van der Waals surface area contributed by atoms with E-state index < -0.39 is 5.41 Å². The SMILES string of the molecule is C=C(C=C1/C(=C\C)c2ccccc2C12c1ccccc1-c1ccccc12)N(c1ccc(-c2cccc3ccccc23)cc1)c1cccc(-c2ccc(-c3ccc4c(c3)c3ccccc3n4-c3ccc(-c4ccccc4)cc3)cc2)c1. The average Bonchev–Trinajstić information content (AvgIpc) is 3.77. The van der Waals surface area contributed by atoms with Crippen molar-refractivity contribution in [2.24, 2.45) is 0 Å². The van der Waals surface area contributed by atoms with Crippen LogP contribution in [0.5, 0.6) is 0 Å². The summed E-state index contributed by atoms with van der Waals surface area (Å²) in [5.41, 5.74) is 25.5. The zero-order valence-corrected chi connectivity index (χ0v) is 44.4. The maximum absolute atomic E-state index is 5.03. The Kier molecular flexibility index (Phi) is 11.2. The van der Waals surface area contributed by atoms with Gasteiger partial charge in [-0.2, -0.15) is 0 Å². The third-order valence-electron chi connectivity index (χ3n) is 16.9. The Morgan fingerprint density at radius 1 is 0.375 bits per heavy atom. The highest BCUT2D eigenvalue weighted by molar-refractivity contribution is 6.10. The number of allylic oxidation sites excluding steroid dienone is 4. The van der Waals surface area contributed by atoms with Crippen LogP contribution in [0.2, 0.25) is 0 Å². The fraction of sp³-hybridized carbons (Fsp3) is 0.0256. The lowest BCUT2D eigenvalue weighted by molar-refractivity contribution is 0.793. The minimum atomic E-state index is -0.529. The zero-order valence-electron chi connectivity index (χ0n) is 44.4. The van der Waals surface area contributed by atoms with Gasteiger partial charge in [-0.15, -0.1) is 0 Å². The van der Waals surface area contributed by atoms with Crippen molar-refractivity contribution in [2.75, 3.05) is 4.90 Å². The van der Waals surface area contributed by atoms with Gasteiger partial charge in [0.25, 0.3) is 0 Å². The third kappa shape index (κ3) is 7.41. The van der Waals surface area contributed by atoms with Gasteiger partial charge >= 0.3 is 0 Å². The largest absolute Gasteiger partial charge is 0.311 e. The first kappa shape index (κ1) is 47.0. The fourth-order valence-electron chi connectivity index (χ4n) is 13.4. The van der Waals surface area contributed by atoms with Crippen molar-refractivity contribution in [1.82, 2.24) is 4.57 Å². The summed E-state index contributed by atoms with van der Waals surface area (Å²) in [6.07, 6.45) is 4.68. The molecule has 0 amide bonds. The molecule has 2 aliphatic rings. The van der Waals surface area contributed by atoms with Crippen LogP contribution in [0.25, 0.3) is 99.5 Å². The van der Waals surface area contributed by atoms with E-state index in [4.69, 9.17) is 6.58 Å². The van der Waals surface area contributed by atoms with E-state index in [-0.39, 0.29) is 0 Å². The number of aromatic nitrogens is 1. The van der Waals surface area contributed by atoms with Gasteiger partial charge in [0, 0.05) is 33.5 Å². The summed E-state index contributed by atoms with van der Waals surface area (Å²) in [4.78, 5) is 2.35. The summed E-state index contributed by atoms with van der Waals surface area (Å²) in [5, 5.41) is 4.94. The summed E-state index contributed by atoms with van der Waals surface area (Å²) in [6.45, 7) is 7.21. The highest BCUT2D eigenvalue weighted by Gasteiger charge is 2.53. The molecule has 0 unspecified atom stereocenters. The quantitative estimate of drug-likeness (QED) is 0.140. The minimum absolute atomic E-state index is 0.529. The molecule has 13 aromatic rings. The first-order valence-corrected chi connectivity index (χ1v) is 27.7. The minimum Gasteiger partial charge on any atom is -0.311 e. The molecule has 376 valence electrons. The third-order valence-corrected chi connectivity index (χ3v) is 16.9. The second-order valence-electron chi connectivity index (χ2n) is 21.2. The number of para-hydroxylation sites is 1. The Morgan fingerprint density at radius 2 is 0.863 bits per heavy atom. The number of hydrogen-bond donors (Lipinski definition) is 0. The zero-order chi connectivity index (χ0) is 53.3. The summed E-state index contributed by atoms with van der Waals surface area (Å²) in [7, 11) is 0. The second kappa shape index (κ2) is 19.0. The number of rotatable bonds is 9. The van der Waals surface area contributed by atoms with Crippen molar-refractivity contribution in [2.45, 2.75) is 12.3 Å². The van der Waals surface area contributed by atoms with Crippen LogP contribution in [0.3, 0.4) is 0 Å². The van der Waals surface area contributed by atoms with Gasteiger partial charge in [-0.3, -0.25) is 0 Å². The Balaban J connectivity index is 0.819. The molecule has 15 rings (SSSR count). The van der Waals surface area contributed by atoms with E-state index in [9.17, 15) is 0 Å². The molecule has 2 aliphatic carbocycles. The van der Waals surface area contributed by atoms with Gasteiger partial charge in [-0.25, -0.2) is 0 Å². The van der Waals surface area contributed by atoms with Gasteiger partial charge in [0.1, 0.15) is 0 Å². The molecule has 1 aromatic heterocycles. The predicted molar refractivity (Wildman–Crippen MR) is 338 cm³/mol. The molecule has 1 spiro atoms. The van der Waals surface area contributed by atoms with Crippen molar-refractivity contribution >= 4 is 49.5 Å². The van der Waals surface area contributed by atoms with E-state index >= 15 is 0 Å². The monoisotopic (exact) mass is 1020 g/mol. The molecule has 0 N–H and O–H groups in total. The predicted octanol–water partition coefficient (Wildman–Crippen LogP) is 20.6. The van der Waals surface area contributed by atoms with Crippen LogP contribution in [0.1, 0.15) is 29.2 Å². The number of benzene rings is 12. The van der Waals surface area contributed by atoms with E-state index in [0.29, 0.717) is 0 Å². The van der Waals surface area contributed by atoms with Gasteiger partial charge in [0.15, 0.2) is 0 Å². The number of nitrogens with zero attached hydrogens (tertiary/aromatic N) is 2. The van der Waals surface area contributed by atoms with Crippen molar-refractivity contribution in [1.29, 1.82) is 0 Å². The van der Waals surface area contributed by atoms with Gasteiger partial charge in [-0.05, 0) is 167 Å². The molecule has 2 heteroatoms. The first-order chi connectivity index (χ1) is 39.5. The van der Waals surface area contributed by atoms with E-state index in [1.54, 1.807) is 0 Å². The molecule has 0 atom stereocenters. The molecule has 0 saturated carbocycles. The van der Waals surface area contributed by atoms with Crippen molar-refractivity contribution in [3.8, 4) is 61.3 Å². The lowest BCUT2D eigenvalue weighted by Gasteiger charge is -2.33. The number of anilines is 2. The molecular weight excluding hydrogens is 965 g/mol. The first-order valence-electron chi connectivity index (χ1n) is 27.7. The van der Waals surface area contributed by atoms with Crippen LogP contribution in [0.15, 0.2) is 315 Å². The number of hydrogen-bond acceptors (Lipinski definition) is 1. The summed E-state index contributed by atoms with van der Waals surface area (Å²) in [6, 6.07) is 104. The van der Waals surface area contributed by atoms with Gasteiger partial charge < -0.3 is 9.47 Å². The Morgan fingerprint density at radius 3 is 1.57 bits per heavy atom. The lowest BCUT2D eigenvalue weighted by Crippen LogP contribution is -2.27. The molecule has 0 aliphatic heterocycles. The maximum Gasteiger partial charge on any atom is 0.0726 e. The average molecular weight is 1020 g/mol. The van der Waals surface area contributed by atoms with Crippen LogP contribution in [0.4, 0.5) is 11.4 Å². The Hall–Kier alpha value is -10.3. The van der Waals surface area contributed by atoms with Crippen LogP contribution in [-0.4, -0.2) is 4.57 Å². The Labute approximate surface area is 467 Å². The lowest BCUT2D eigenvalue weighted by atomic mass is 9.70. The van der Waals surface area contributed by atoms with E-state index in [2.05, 4.69) is 314 Å². The second-order valence-corrected chi connectivity index (χ2v) is 21.2. The van der Waals surface area contributed by atoms with Crippen molar-refractivity contribution in [3.05, 3.63) is 337 Å². The summed E-state index contributed by atoms with van der Waals surface area (Å²) >= 11 is 0. The molecule has 0 bridgehead atoms. The van der Waals surface area contributed by atoms with E-state index in [0.717, 1.165) is 33.9 Å². The highest BCUT2D eigenvalue weighted by Crippen LogP contribution is 2.64. The molecule has 12 aromatic carbocycles. The Bertz CT molecular complexity index is 4600. The standard InChI is InChI=1S/C78H54N2/c1-3-64-67-26-9-13-31-72(67)78(73-32-14-10-27-68(73)69-28-11-15-33-74(69)78)75(64)49-52(2)79(61-46-41-58(42-47-61)66-30-18-22-57-21-7-8-25-65(57)66)63-24-17-23-59(50-63)55-35-37-56(38-36-55)60-43-48-77-71(51-60)70-29-12-16-34-76(70)80(77)62-44-39-54(40-45-62)53-19-5-4-6-20-53/h3-51H,2H2,1H3/b64-3-,75-49?. The molecule has 2 nitrogen and oxygen atoms in total. The summed E-state index contributed by atoms with van der Waals surface area (Å²) in [5.74, 6) is 0. The van der Waals surface area contributed by atoms with Crippen LogP contribution in [-0.2, 0) is 5.41 Å². The molecule has 0 saturated heterocycles. The van der Waals surface area contributed by atoms with Crippen molar-refractivity contribution < 1.29 is 0 Å². The van der Waals surface area contributed by atoms with Crippen LogP contribution >= 0.6 is 0 Å². The summed E-state index contributed by atoms with van der Waals surface area (Å²) < 4.78 is 2.39.